The molecule has 0 bridgehead atoms. The first-order valence-electron chi connectivity index (χ1n) is 8.28. The van der Waals surface area contributed by atoms with E-state index in [1.807, 2.05) is 48.5 Å². The number of halogens is 1. The van der Waals surface area contributed by atoms with Crippen molar-refractivity contribution in [2.75, 3.05) is 0 Å². The summed E-state index contributed by atoms with van der Waals surface area (Å²) >= 11 is 6.13. The van der Waals surface area contributed by atoms with E-state index in [4.69, 9.17) is 18.2 Å². The fourth-order valence-electron chi connectivity index (χ4n) is 2.77. The minimum Gasteiger partial charge on any atom is -0.238 e. The number of hydrogen-bond acceptors (Lipinski definition) is 3. The quantitative estimate of drug-likeness (QED) is 0.412. The Morgan fingerprint density at radius 1 is 0.630 bits per heavy atom. The highest BCUT2D eigenvalue weighted by Crippen LogP contribution is 2.26. The summed E-state index contributed by atoms with van der Waals surface area (Å²) in [7, 11) is 0. The maximum Gasteiger partial charge on any atom is 0.226 e. The Kier molecular flexibility index (Phi) is 4.61. The van der Waals surface area contributed by atoms with Gasteiger partial charge in [0.25, 0.3) is 0 Å². The highest BCUT2D eigenvalue weighted by molar-refractivity contribution is 6.28. The monoisotopic (exact) mass is 368 g/mol. The van der Waals surface area contributed by atoms with Crippen molar-refractivity contribution in [3.63, 3.8) is 0 Å². The standard InChI is InChI=1S/C22H13ClN4/c1-24-19-9-5-8-18(14-19)21-25-20(26-22(23)27-21)17-12-10-16(11-13-17)15-6-3-2-4-7-15/h2-14H. The van der Waals surface area contributed by atoms with Crippen LogP contribution in [0.2, 0.25) is 5.28 Å². The Balaban J connectivity index is 1.72. The molecule has 0 aliphatic heterocycles. The minimum absolute atomic E-state index is 0.121. The van der Waals surface area contributed by atoms with Gasteiger partial charge in [0.15, 0.2) is 17.3 Å². The van der Waals surface area contributed by atoms with Gasteiger partial charge in [-0.2, -0.15) is 9.97 Å². The van der Waals surface area contributed by atoms with Gasteiger partial charge >= 0.3 is 0 Å². The van der Waals surface area contributed by atoms with Crippen molar-refractivity contribution in [2.24, 2.45) is 0 Å². The van der Waals surface area contributed by atoms with Crippen LogP contribution in [0.15, 0.2) is 78.9 Å². The molecule has 27 heavy (non-hydrogen) atoms. The van der Waals surface area contributed by atoms with Crippen LogP contribution in [0.3, 0.4) is 0 Å². The molecule has 0 spiro atoms. The van der Waals surface area contributed by atoms with E-state index in [0.29, 0.717) is 17.3 Å². The molecule has 4 rings (SSSR count). The maximum atomic E-state index is 7.16. The second-order valence-electron chi connectivity index (χ2n) is 5.86. The molecule has 0 unspecified atom stereocenters. The van der Waals surface area contributed by atoms with Gasteiger partial charge < -0.3 is 0 Å². The highest BCUT2D eigenvalue weighted by Gasteiger charge is 2.10. The molecule has 4 nitrogen and oxygen atoms in total. The van der Waals surface area contributed by atoms with Crippen LogP contribution in [-0.2, 0) is 0 Å². The highest BCUT2D eigenvalue weighted by atomic mass is 35.5. The van der Waals surface area contributed by atoms with Crippen LogP contribution >= 0.6 is 11.6 Å². The van der Waals surface area contributed by atoms with Crippen molar-refractivity contribution >= 4 is 17.3 Å². The third-order valence-corrected chi connectivity index (χ3v) is 4.26. The summed E-state index contributed by atoms with van der Waals surface area (Å²) in [6.45, 7) is 7.16. The van der Waals surface area contributed by atoms with Gasteiger partial charge in [0.1, 0.15) is 0 Å². The van der Waals surface area contributed by atoms with E-state index in [9.17, 15) is 0 Å². The molecule has 0 saturated carbocycles. The molecule has 0 radical (unpaired) electrons. The van der Waals surface area contributed by atoms with Crippen molar-refractivity contribution in [3.05, 3.63) is 95.6 Å². The second-order valence-corrected chi connectivity index (χ2v) is 6.20. The normalized spacial score (nSPS) is 10.4. The molecule has 1 aromatic heterocycles. The van der Waals surface area contributed by atoms with Gasteiger partial charge in [-0.1, -0.05) is 72.8 Å². The lowest BCUT2D eigenvalue weighted by molar-refractivity contribution is 1.07. The summed E-state index contributed by atoms with van der Waals surface area (Å²) in [4.78, 5) is 16.5. The van der Waals surface area contributed by atoms with Crippen molar-refractivity contribution in [3.8, 4) is 33.9 Å². The van der Waals surface area contributed by atoms with Crippen LogP contribution in [0.4, 0.5) is 5.69 Å². The van der Waals surface area contributed by atoms with Crippen LogP contribution in [0, 0.1) is 6.57 Å². The van der Waals surface area contributed by atoms with E-state index in [2.05, 4.69) is 31.9 Å². The summed E-state index contributed by atoms with van der Waals surface area (Å²) in [5.74, 6) is 0.945. The predicted molar refractivity (Wildman–Crippen MR) is 107 cm³/mol. The van der Waals surface area contributed by atoms with Crippen molar-refractivity contribution in [2.45, 2.75) is 0 Å². The molecular formula is C22H13ClN4. The second kappa shape index (κ2) is 7.36. The van der Waals surface area contributed by atoms with E-state index in [-0.39, 0.29) is 5.28 Å². The van der Waals surface area contributed by atoms with Crippen LogP contribution in [-0.4, -0.2) is 15.0 Å². The average molecular weight is 369 g/mol. The molecule has 0 atom stereocenters. The predicted octanol–water partition coefficient (Wildman–Crippen LogP) is 6.08. The van der Waals surface area contributed by atoms with Crippen LogP contribution in [0.25, 0.3) is 38.7 Å². The molecule has 128 valence electrons. The topological polar surface area (TPSA) is 43.0 Å². The van der Waals surface area contributed by atoms with Crippen LogP contribution in [0.1, 0.15) is 0 Å². The SMILES string of the molecule is [C-]#[N+]c1cccc(-c2nc(Cl)nc(-c3ccc(-c4ccccc4)cc3)n2)c1. The minimum atomic E-state index is 0.121. The third kappa shape index (κ3) is 3.69. The summed E-state index contributed by atoms with van der Waals surface area (Å²) in [6, 6.07) is 25.3. The van der Waals surface area contributed by atoms with Crippen LogP contribution < -0.4 is 0 Å². The Morgan fingerprint density at radius 3 is 1.93 bits per heavy atom. The molecule has 0 N–H and O–H groups in total. The van der Waals surface area contributed by atoms with Crippen molar-refractivity contribution < 1.29 is 0 Å². The first-order chi connectivity index (χ1) is 13.2. The molecule has 0 fully saturated rings. The molecule has 0 saturated heterocycles. The number of hydrogen-bond donors (Lipinski definition) is 0. The Labute approximate surface area is 162 Å². The number of benzene rings is 3. The Morgan fingerprint density at radius 2 is 1.22 bits per heavy atom. The van der Waals surface area contributed by atoms with Gasteiger partial charge in [0.2, 0.25) is 5.28 Å². The molecular weight excluding hydrogens is 356 g/mol. The van der Waals surface area contributed by atoms with E-state index >= 15 is 0 Å². The van der Waals surface area contributed by atoms with Crippen molar-refractivity contribution in [1.29, 1.82) is 0 Å². The summed E-state index contributed by atoms with van der Waals surface area (Å²) in [5.41, 5.74) is 4.37. The lowest BCUT2D eigenvalue weighted by Crippen LogP contribution is -1.97. The van der Waals surface area contributed by atoms with Gasteiger partial charge in [0, 0.05) is 11.1 Å². The fraction of sp³-hybridized carbons (Fsp3) is 0. The fourth-order valence-corrected chi connectivity index (χ4v) is 2.93. The van der Waals surface area contributed by atoms with Gasteiger partial charge in [-0.25, -0.2) is 9.83 Å². The first kappa shape index (κ1) is 16.9. The molecule has 0 aliphatic rings. The lowest BCUT2D eigenvalue weighted by Gasteiger charge is -2.06. The van der Waals surface area contributed by atoms with Gasteiger partial charge in [-0.3, -0.25) is 0 Å². The Hall–Kier alpha value is -3.55. The molecule has 0 amide bonds. The average Bonchev–Trinajstić information content (AvgIpc) is 2.74. The summed E-state index contributed by atoms with van der Waals surface area (Å²) < 4.78 is 0. The maximum absolute atomic E-state index is 7.16. The van der Waals surface area contributed by atoms with Crippen molar-refractivity contribution in [1.82, 2.24) is 15.0 Å². The van der Waals surface area contributed by atoms with E-state index in [1.54, 1.807) is 18.2 Å². The first-order valence-corrected chi connectivity index (χ1v) is 8.66. The van der Waals surface area contributed by atoms with E-state index < -0.39 is 0 Å². The molecule has 4 aromatic rings. The van der Waals surface area contributed by atoms with Crippen LogP contribution in [0.5, 0.6) is 0 Å². The largest absolute Gasteiger partial charge is 0.238 e. The summed E-state index contributed by atoms with van der Waals surface area (Å²) in [6.07, 6.45) is 0. The summed E-state index contributed by atoms with van der Waals surface area (Å²) in [5, 5.41) is 0.121. The number of nitrogens with zero attached hydrogens (tertiary/aromatic N) is 4. The Bertz CT molecular complexity index is 1130. The smallest absolute Gasteiger partial charge is 0.226 e. The molecule has 1 heterocycles. The zero-order valence-electron chi connectivity index (χ0n) is 14.2. The van der Waals surface area contributed by atoms with Gasteiger partial charge in [0.05, 0.1) is 6.57 Å². The van der Waals surface area contributed by atoms with Gasteiger partial charge in [-0.05, 0) is 28.8 Å². The lowest BCUT2D eigenvalue weighted by atomic mass is 10.0. The van der Waals surface area contributed by atoms with E-state index in [0.717, 1.165) is 22.3 Å². The zero-order chi connectivity index (χ0) is 18.6. The van der Waals surface area contributed by atoms with E-state index in [1.165, 1.54) is 0 Å². The number of rotatable bonds is 3. The number of aromatic nitrogens is 3. The molecule has 0 aliphatic carbocycles. The zero-order valence-corrected chi connectivity index (χ0v) is 14.9. The molecule has 3 aromatic carbocycles. The van der Waals surface area contributed by atoms with Gasteiger partial charge in [-0.15, -0.1) is 0 Å². The third-order valence-electron chi connectivity index (χ3n) is 4.09. The molecule has 5 heteroatoms.